The lowest BCUT2D eigenvalue weighted by molar-refractivity contribution is -0.130. The summed E-state index contributed by atoms with van der Waals surface area (Å²) in [6.07, 6.45) is 1.08. The summed E-state index contributed by atoms with van der Waals surface area (Å²) < 4.78 is 2.17. The lowest BCUT2D eigenvalue weighted by atomic mass is 10.1. The van der Waals surface area contributed by atoms with Crippen LogP contribution in [0.3, 0.4) is 0 Å². The molecule has 2 aromatic carbocycles. The molecular formula is C25H29N5O3. The predicted octanol–water partition coefficient (Wildman–Crippen LogP) is 2.83. The van der Waals surface area contributed by atoms with Crippen molar-refractivity contribution in [2.75, 3.05) is 13.1 Å². The standard InChI is InChI=1S/C25H29N5O3/c1-17(2)30-21-11-7-6-10-19(21)27-22(30)12-14-26-23(31)16-20-24(32)29(25(33)28-20)15-13-18-8-4-3-5-9-18/h3-11,17,20H,12-16H2,1-2H3,(H,26,31)(H,28,33)/t20-/m0/s1. The highest BCUT2D eigenvalue weighted by molar-refractivity contribution is 6.05. The summed E-state index contributed by atoms with van der Waals surface area (Å²) in [6.45, 7) is 4.90. The minimum Gasteiger partial charge on any atom is -0.356 e. The topological polar surface area (TPSA) is 96.3 Å². The first-order valence-electron chi connectivity index (χ1n) is 11.3. The Kier molecular flexibility index (Phi) is 6.72. The van der Waals surface area contributed by atoms with Crippen molar-refractivity contribution in [3.63, 3.8) is 0 Å². The second-order valence-corrected chi connectivity index (χ2v) is 8.51. The maximum absolute atomic E-state index is 12.6. The number of rotatable bonds is 9. The van der Waals surface area contributed by atoms with Crippen LogP contribution in [0.5, 0.6) is 0 Å². The van der Waals surface area contributed by atoms with E-state index < -0.39 is 12.1 Å². The molecule has 1 fully saturated rings. The van der Waals surface area contributed by atoms with Gasteiger partial charge in [-0.3, -0.25) is 14.5 Å². The van der Waals surface area contributed by atoms with Crippen molar-refractivity contribution in [1.29, 1.82) is 0 Å². The van der Waals surface area contributed by atoms with Gasteiger partial charge in [0.25, 0.3) is 5.91 Å². The number of urea groups is 1. The second-order valence-electron chi connectivity index (χ2n) is 8.51. The number of hydrogen-bond acceptors (Lipinski definition) is 4. The van der Waals surface area contributed by atoms with Crippen molar-refractivity contribution < 1.29 is 14.4 Å². The minimum atomic E-state index is -0.825. The zero-order chi connectivity index (χ0) is 23.4. The predicted molar refractivity (Wildman–Crippen MR) is 126 cm³/mol. The number of aromatic nitrogens is 2. The summed E-state index contributed by atoms with van der Waals surface area (Å²) >= 11 is 0. The Hall–Kier alpha value is -3.68. The van der Waals surface area contributed by atoms with E-state index in [9.17, 15) is 14.4 Å². The lowest BCUT2D eigenvalue weighted by Crippen LogP contribution is -2.37. The molecule has 8 heteroatoms. The van der Waals surface area contributed by atoms with Crippen molar-refractivity contribution >= 4 is 28.9 Å². The van der Waals surface area contributed by atoms with Crippen molar-refractivity contribution in [2.24, 2.45) is 0 Å². The number of imide groups is 1. The van der Waals surface area contributed by atoms with Crippen LogP contribution < -0.4 is 10.6 Å². The van der Waals surface area contributed by atoms with Gasteiger partial charge in [-0.05, 0) is 38.0 Å². The average Bonchev–Trinajstić information content (AvgIpc) is 3.29. The maximum atomic E-state index is 12.6. The molecule has 33 heavy (non-hydrogen) atoms. The molecule has 1 aliphatic heterocycles. The number of amides is 4. The highest BCUT2D eigenvalue weighted by Crippen LogP contribution is 2.21. The number of carbonyl (C=O) groups is 3. The fourth-order valence-corrected chi connectivity index (χ4v) is 4.23. The van der Waals surface area contributed by atoms with Crippen LogP contribution >= 0.6 is 0 Å². The van der Waals surface area contributed by atoms with E-state index in [4.69, 9.17) is 4.98 Å². The zero-order valence-electron chi connectivity index (χ0n) is 19.0. The Morgan fingerprint density at radius 3 is 2.55 bits per heavy atom. The van der Waals surface area contributed by atoms with Crippen LogP contribution in [0.15, 0.2) is 54.6 Å². The highest BCUT2D eigenvalue weighted by Gasteiger charge is 2.38. The van der Waals surface area contributed by atoms with Gasteiger partial charge in [0.1, 0.15) is 11.9 Å². The molecule has 172 valence electrons. The summed E-state index contributed by atoms with van der Waals surface area (Å²) in [5.74, 6) is 0.280. The third-order valence-electron chi connectivity index (χ3n) is 5.82. The van der Waals surface area contributed by atoms with Crippen LogP contribution in [0, 0.1) is 0 Å². The molecule has 3 aromatic rings. The number of nitrogens with one attached hydrogen (secondary N) is 2. The van der Waals surface area contributed by atoms with Crippen LogP contribution in [0.1, 0.15) is 37.7 Å². The summed E-state index contributed by atoms with van der Waals surface area (Å²) in [6, 6.07) is 16.6. The van der Waals surface area contributed by atoms with Crippen LogP contribution in [0.25, 0.3) is 11.0 Å². The number of para-hydroxylation sites is 2. The molecule has 0 radical (unpaired) electrons. The van der Waals surface area contributed by atoms with Crippen molar-refractivity contribution in [3.8, 4) is 0 Å². The molecule has 1 saturated heterocycles. The Labute approximate surface area is 193 Å². The van der Waals surface area contributed by atoms with E-state index in [1.807, 2.05) is 54.6 Å². The molecule has 1 aliphatic rings. The van der Waals surface area contributed by atoms with Gasteiger partial charge in [-0.2, -0.15) is 0 Å². The Morgan fingerprint density at radius 2 is 1.79 bits per heavy atom. The molecule has 2 N–H and O–H groups in total. The molecule has 0 saturated carbocycles. The first-order valence-corrected chi connectivity index (χ1v) is 11.3. The van der Waals surface area contributed by atoms with Crippen molar-refractivity contribution in [1.82, 2.24) is 25.1 Å². The molecule has 2 heterocycles. The van der Waals surface area contributed by atoms with E-state index in [1.165, 1.54) is 4.90 Å². The summed E-state index contributed by atoms with van der Waals surface area (Å²) in [4.78, 5) is 43.2. The van der Waals surface area contributed by atoms with Gasteiger partial charge >= 0.3 is 6.03 Å². The molecule has 0 spiro atoms. The van der Waals surface area contributed by atoms with Gasteiger partial charge in [0.2, 0.25) is 5.91 Å². The second kappa shape index (κ2) is 9.85. The van der Waals surface area contributed by atoms with E-state index >= 15 is 0 Å². The molecule has 0 aliphatic carbocycles. The van der Waals surface area contributed by atoms with Crippen molar-refractivity contribution in [3.05, 3.63) is 66.0 Å². The van der Waals surface area contributed by atoms with Crippen molar-refractivity contribution in [2.45, 2.75) is 45.2 Å². The molecular weight excluding hydrogens is 418 g/mol. The Morgan fingerprint density at radius 1 is 1.06 bits per heavy atom. The van der Waals surface area contributed by atoms with Crippen LogP contribution in [-0.4, -0.2) is 51.4 Å². The molecule has 1 atom stereocenters. The molecule has 0 bridgehead atoms. The molecule has 1 aromatic heterocycles. The molecule has 8 nitrogen and oxygen atoms in total. The Bertz CT molecular complexity index is 1160. The van der Waals surface area contributed by atoms with E-state index in [1.54, 1.807) is 0 Å². The SMILES string of the molecule is CC(C)n1c(CCNC(=O)C[C@@H]2NC(=O)N(CCc3ccccc3)C2=O)nc2ccccc21. The normalized spacial score (nSPS) is 16.0. The van der Waals surface area contributed by atoms with Gasteiger partial charge in [0.05, 0.1) is 17.5 Å². The third-order valence-corrected chi connectivity index (χ3v) is 5.82. The number of nitrogens with zero attached hydrogens (tertiary/aromatic N) is 3. The number of imidazole rings is 1. The minimum absolute atomic E-state index is 0.0764. The summed E-state index contributed by atoms with van der Waals surface area (Å²) in [5.41, 5.74) is 3.05. The molecule has 4 rings (SSSR count). The average molecular weight is 448 g/mol. The maximum Gasteiger partial charge on any atom is 0.324 e. The quantitative estimate of drug-likeness (QED) is 0.493. The van der Waals surface area contributed by atoms with Gasteiger partial charge < -0.3 is 15.2 Å². The molecule has 0 unspecified atom stereocenters. The van der Waals surface area contributed by atoms with E-state index in [2.05, 4.69) is 29.0 Å². The van der Waals surface area contributed by atoms with Gasteiger partial charge in [-0.25, -0.2) is 9.78 Å². The summed E-state index contributed by atoms with van der Waals surface area (Å²) in [5, 5.41) is 5.49. The van der Waals surface area contributed by atoms with Gasteiger partial charge in [-0.1, -0.05) is 42.5 Å². The fraction of sp³-hybridized carbons (Fsp3) is 0.360. The highest BCUT2D eigenvalue weighted by atomic mass is 16.2. The Balaban J connectivity index is 1.29. The largest absolute Gasteiger partial charge is 0.356 e. The molecule has 4 amide bonds. The van der Waals surface area contributed by atoms with E-state index in [0.717, 1.165) is 22.4 Å². The van der Waals surface area contributed by atoms with Gasteiger partial charge in [0, 0.05) is 25.6 Å². The van der Waals surface area contributed by atoms with E-state index in [0.29, 0.717) is 19.4 Å². The van der Waals surface area contributed by atoms with Gasteiger partial charge in [0.15, 0.2) is 0 Å². The first kappa shape index (κ1) is 22.5. The number of benzene rings is 2. The monoisotopic (exact) mass is 447 g/mol. The smallest absolute Gasteiger partial charge is 0.324 e. The van der Waals surface area contributed by atoms with E-state index in [-0.39, 0.29) is 30.8 Å². The number of fused-ring (bicyclic) bond motifs is 1. The number of carbonyl (C=O) groups excluding carboxylic acids is 3. The summed E-state index contributed by atoms with van der Waals surface area (Å²) in [7, 11) is 0. The van der Waals surface area contributed by atoms with Crippen LogP contribution in [0.2, 0.25) is 0 Å². The third kappa shape index (κ3) is 5.05. The van der Waals surface area contributed by atoms with Gasteiger partial charge in [-0.15, -0.1) is 0 Å². The first-order chi connectivity index (χ1) is 15.9. The fourth-order valence-electron chi connectivity index (χ4n) is 4.23. The number of hydrogen-bond donors (Lipinski definition) is 2. The zero-order valence-corrected chi connectivity index (χ0v) is 19.0. The van der Waals surface area contributed by atoms with Crippen LogP contribution in [-0.2, 0) is 22.4 Å². The lowest BCUT2D eigenvalue weighted by Gasteiger charge is -2.14. The van der Waals surface area contributed by atoms with Crippen LogP contribution in [0.4, 0.5) is 4.79 Å².